The molecular formula is C26H23ClF2N2O4. The number of piperidine rings is 1. The van der Waals surface area contributed by atoms with E-state index in [2.05, 4.69) is 5.16 Å². The first-order valence-electron chi connectivity index (χ1n) is 11.7. The van der Waals surface area contributed by atoms with E-state index in [9.17, 15) is 13.6 Å². The summed E-state index contributed by atoms with van der Waals surface area (Å²) in [7, 11) is 0. The van der Waals surface area contributed by atoms with Crippen molar-refractivity contribution < 1.29 is 27.9 Å². The maximum absolute atomic E-state index is 14.6. The molecule has 3 aliphatic rings. The molecule has 2 bridgehead atoms. The van der Waals surface area contributed by atoms with E-state index in [4.69, 9.17) is 26.0 Å². The van der Waals surface area contributed by atoms with E-state index in [1.165, 1.54) is 12.1 Å². The molecule has 2 saturated carbocycles. The molecule has 1 aliphatic heterocycles. The second kappa shape index (κ2) is 8.60. The van der Waals surface area contributed by atoms with Gasteiger partial charge in [-0.25, -0.2) is 13.6 Å². The Morgan fingerprint density at radius 3 is 2.69 bits per heavy atom. The Morgan fingerprint density at radius 2 is 2.03 bits per heavy atom. The zero-order valence-electron chi connectivity index (χ0n) is 18.7. The normalized spacial score (nSPS) is 23.3. The third-order valence-electron chi connectivity index (χ3n) is 7.39. The van der Waals surface area contributed by atoms with Gasteiger partial charge in [0.05, 0.1) is 34.5 Å². The van der Waals surface area contributed by atoms with Crippen LogP contribution >= 0.6 is 11.6 Å². The number of nitrogens with zero attached hydrogens (tertiary/aromatic N) is 2. The van der Waals surface area contributed by atoms with Crippen molar-refractivity contribution in [2.24, 2.45) is 5.92 Å². The number of hydrogen-bond acceptors (Lipinski definition) is 5. The van der Waals surface area contributed by atoms with Crippen LogP contribution in [-0.2, 0) is 11.3 Å². The molecule has 1 aromatic heterocycles. The molecule has 35 heavy (non-hydrogen) atoms. The Kier molecular flexibility index (Phi) is 5.53. The molecule has 2 aromatic carbocycles. The van der Waals surface area contributed by atoms with E-state index < -0.39 is 17.6 Å². The van der Waals surface area contributed by atoms with E-state index in [-0.39, 0.29) is 46.7 Å². The molecule has 9 heteroatoms. The average molecular weight is 501 g/mol. The average Bonchev–Trinajstić information content (AvgIpc) is 3.28. The van der Waals surface area contributed by atoms with Crippen molar-refractivity contribution in [3.8, 4) is 11.3 Å². The number of carboxylic acid groups (broad SMARTS) is 1. The first kappa shape index (κ1) is 22.5. The zero-order valence-corrected chi connectivity index (χ0v) is 19.5. The number of aromatic nitrogens is 1. The lowest BCUT2D eigenvalue weighted by atomic mass is 10.0. The summed E-state index contributed by atoms with van der Waals surface area (Å²) in [4.78, 5) is 13.1. The molecule has 6 rings (SSSR count). The van der Waals surface area contributed by atoms with Gasteiger partial charge in [-0.2, -0.15) is 0 Å². The van der Waals surface area contributed by atoms with Crippen molar-refractivity contribution in [3.05, 3.63) is 69.9 Å². The summed E-state index contributed by atoms with van der Waals surface area (Å²) in [5.41, 5.74) is 1.72. The van der Waals surface area contributed by atoms with E-state index in [0.717, 1.165) is 43.1 Å². The van der Waals surface area contributed by atoms with Crippen molar-refractivity contribution in [3.63, 3.8) is 0 Å². The second-order valence-electron chi connectivity index (χ2n) is 9.60. The number of halogens is 3. The van der Waals surface area contributed by atoms with Crippen molar-refractivity contribution in [2.75, 3.05) is 11.4 Å². The van der Waals surface area contributed by atoms with Gasteiger partial charge >= 0.3 is 5.97 Å². The van der Waals surface area contributed by atoms with Crippen LogP contribution in [0, 0.1) is 17.6 Å². The predicted molar refractivity (Wildman–Crippen MR) is 125 cm³/mol. The van der Waals surface area contributed by atoms with E-state index in [1.54, 1.807) is 18.2 Å². The van der Waals surface area contributed by atoms with Crippen molar-refractivity contribution in [1.82, 2.24) is 5.16 Å². The summed E-state index contributed by atoms with van der Waals surface area (Å²) in [5.74, 6) is -0.913. The van der Waals surface area contributed by atoms with Crippen LogP contribution in [0.2, 0.25) is 5.02 Å². The maximum Gasteiger partial charge on any atom is 0.335 e. The zero-order chi connectivity index (χ0) is 24.3. The number of benzene rings is 2. The Balaban J connectivity index is 1.19. The molecule has 0 spiro atoms. The smallest absolute Gasteiger partial charge is 0.335 e. The van der Waals surface area contributed by atoms with Gasteiger partial charge < -0.3 is 19.3 Å². The number of anilines is 1. The molecular weight excluding hydrogens is 478 g/mol. The van der Waals surface area contributed by atoms with Gasteiger partial charge in [-0.1, -0.05) is 22.8 Å². The standard InChI is InChI=1S/C26H23ClF2N2O4/c27-18-2-1-3-19(28)23(18)24-17(25(35-30-24)13-4-5-13)12-34-22-10-16-8-15(22)11-31(16)21-7-6-14(26(32)33)9-20(21)29/h1-3,6-7,9,13,15-16,22H,4-5,8,10-12H2,(H,32,33)/t15-,16-,22+/m0/s1. The van der Waals surface area contributed by atoms with Crippen LogP contribution in [0.3, 0.4) is 0 Å². The first-order valence-corrected chi connectivity index (χ1v) is 12.1. The van der Waals surface area contributed by atoms with Gasteiger partial charge in [0.2, 0.25) is 0 Å². The molecule has 1 saturated heterocycles. The fourth-order valence-electron chi connectivity index (χ4n) is 5.52. The molecule has 2 aliphatic carbocycles. The van der Waals surface area contributed by atoms with Gasteiger partial charge in [0.1, 0.15) is 23.1 Å². The molecule has 3 aromatic rings. The molecule has 182 valence electrons. The van der Waals surface area contributed by atoms with Crippen LogP contribution in [0.25, 0.3) is 11.3 Å². The summed E-state index contributed by atoms with van der Waals surface area (Å²) in [5, 5.41) is 13.5. The molecule has 2 heterocycles. The number of hydrogen-bond donors (Lipinski definition) is 1. The lowest BCUT2D eigenvalue weighted by Gasteiger charge is -2.33. The summed E-state index contributed by atoms with van der Waals surface area (Å²) in [6.45, 7) is 0.870. The minimum atomic E-state index is -1.15. The topological polar surface area (TPSA) is 75.8 Å². The molecule has 3 atom stereocenters. The van der Waals surface area contributed by atoms with Gasteiger partial charge in [-0.3, -0.25) is 0 Å². The molecule has 0 amide bonds. The third-order valence-corrected chi connectivity index (χ3v) is 7.70. The SMILES string of the molecule is O=C(O)c1ccc(N2C[C@@H]3C[C@H]2C[C@H]3OCc2c(-c3c(F)cccc3Cl)noc2C2CC2)c(F)c1. The number of carboxylic acids is 1. The summed E-state index contributed by atoms with van der Waals surface area (Å²) < 4.78 is 41.2. The van der Waals surface area contributed by atoms with Crippen molar-refractivity contribution in [1.29, 1.82) is 0 Å². The highest BCUT2D eigenvalue weighted by atomic mass is 35.5. The number of rotatable bonds is 7. The monoisotopic (exact) mass is 500 g/mol. The minimum Gasteiger partial charge on any atom is -0.478 e. The Hall–Kier alpha value is -2.97. The summed E-state index contributed by atoms with van der Waals surface area (Å²) >= 11 is 6.30. The van der Waals surface area contributed by atoms with E-state index in [0.29, 0.717) is 17.9 Å². The molecule has 1 N–H and O–H groups in total. The van der Waals surface area contributed by atoms with Crippen LogP contribution in [0.15, 0.2) is 40.9 Å². The van der Waals surface area contributed by atoms with Crippen molar-refractivity contribution >= 4 is 23.3 Å². The predicted octanol–water partition coefficient (Wildman–Crippen LogP) is 6.03. The molecule has 3 fully saturated rings. The lowest BCUT2D eigenvalue weighted by Crippen LogP contribution is -2.39. The minimum absolute atomic E-state index is 0.0245. The Bertz CT molecular complexity index is 1290. The number of aromatic carboxylic acids is 1. The quantitative estimate of drug-likeness (QED) is 0.426. The molecule has 0 unspecified atom stereocenters. The number of carbonyl (C=O) groups is 1. The fourth-order valence-corrected chi connectivity index (χ4v) is 5.77. The van der Waals surface area contributed by atoms with E-state index >= 15 is 0 Å². The summed E-state index contributed by atoms with van der Waals surface area (Å²) in [6.07, 6.45) is 3.58. The van der Waals surface area contributed by atoms with Crippen LogP contribution < -0.4 is 4.90 Å². The van der Waals surface area contributed by atoms with Gasteiger partial charge in [0.25, 0.3) is 0 Å². The first-order chi connectivity index (χ1) is 16.9. The number of ether oxygens (including phenoxy) is 1. The third kappa shape index (κ3) is 3.98. The van der Waals surface area contributed by atoms with Crippen LogP contribution in [0.5, 0.6) is 0 Å². The van der Waals surface area contributed by atoms with Gasteiger partial charge in [0.15, 0.2) is 0 Å². The van der Waals surface area contributed by atoms with Gasteiger partial charge in [0, 0.05) is 30.0 Å². The molecule has 6 nitrogen and oxygen atoms in total. The summed E-state index contributed by atoms with van der Waals surface area (Å²) in [6, 6.07) is 8.69. The Labute approximate surface area is 205 Å². The highest BCUT2D eigenvalue weighted by molar-refractivity contribution is 6.33. The van der Waals surface area contributed by atoms with Crippen LogP contribution in [0.1, 0.15) is 53.3 Å². The highest BCUT2D eigenvalue weighted by Gasteiger charge is 2.46. The number of fused-ring (bicyclic) bond motifs is 2. The fraction of sp³-hybridized carbons (Fsp3) is 0.385. The second-order valence-corrected chi connectivity index (χ2v) is 10.0. The Morgan fingerprint density at radius 1 is 1.20 bits per heavy atom. The largest absolute Gasteiger partial charge is 0.478 e. The highest BCUT2D eigenvalue weighted by Crippen LogP contribution is 2.47. The lowest BCUT2D eigenvalue weighted by molar-refractivity contribution is 0.0122. The van der Waals surface area contributed by atoms with E-state index in [1.807, 2.05) is 4.90 Å². The maximum atomic E-state index is 14.6. The van der Waals surface area contributed by atoms with Gasteiger partial charge in [-0.05, 0) is 56.0 Å². The van der Waals surface area contributed by atoms with Crippen molar-refractivity contribution in [2.45, 2.75) is 50.4 Å². The van der Waals surface area contributed by atoms with Crippen LogP contribution in [-0.4, -0.2) is 34.9 Å². The van der Waals surface area contributed by atoms with Gasteiger partial charge in [-0.15, -0.1) is 0 Å². The molecule has 0 radical (unpaired) electrons. The van der Waals surface area contributed by atoms with Crippen LogP contribution in [0.4, 0.5) is 14.5 Å².